The van der Waals surface area contributed by atoms with E-state index in [2.05, 4.69) is 28.1 Å². The van der Waals surface area contributed by atoms with Crippen molar-refractivity contribution in [3.8, 4) is 5.75 Å². The molecule has 0 radical (unpaired) electrons. The Bertz CT molecular complexity index is 757. The Morgan fingerprint density at radius 1 is 1.28 bits per heavy atom. The smallest absolute Gasteiger partial charge is 0.311 e. The van der Waals surface area contributed by atoms with Crippen molar-refractivity contribution in [1.82, 2.24) is 0 Å². The summed E-state index contributed by atoms with van der Waals surface area (Å²) in [6.45, 7) is 2.30. The molecule has 0 fully saturated rings. The van der Waals surface area contributed by atoms with Crippen LogP contribution in [0.4, 0.5) is 0 Å². The number of aliphatic hydroxyl groups excluding tert-OH is 1. The number of rotatable bonds is 4. The fourth-order valence-electron chi connectivity index (χ4n) is 3.15. The fraction of sp³-hybridized carbons (Fsp3) is 0.350. The van der Waals surface area contributed by atoms with E-state index in [9.17, 15) is 9.90 Å². The number of carbonyl (C=O) groups excluding carboxylic acids is 1. The second-order valence-corrected chi connectivity index (χ2v) is 7.30. The van der Waals surface area contributed by atoms with Crippen LogP contribution in [-0.2, 0) is 16.0 Å². The van der Waals surface area contributed by atoms with Gasteiger partial charge in [-0.25, -0.2) is 0 Å². The maximum absolute atomic E-state index is 11.7. The van der Waals surface area contributed by atoms with Crippen LogP contribution in [-0.4, -0.2) is 24.8 Å². The lowest BCUT2D eigenvalue weighted by atomic mass is 9.88. The molecule has 0 aliphatic carbocycles. The lowest BCUT2D eigenvalue weighted by molar-refractivity contribution is -0.148. The molecular formula is C20H21BrO4. The molecule has 2 aromatic carbocycles. The molecule has 2 aromatic rings. The van der Waals surface area contributed by atoms with E-state index in [1.165, 1.54) is 12.7 Å². The van der Waals surface area contributed by atoms with E-state index >= 15 is 0 Å². The highest BCUT2D eigenvalue weighted by Crippen LogP contribution is 2.35. The van der Waals surface area contributed by atoms with Crippen molar-refractivity contribution in [2.24, 2.45) is 5.92 Å². The monoisotopic (exact) mass is 404 g/mol. The molecule has 25 heavy (non-hydrogen) atoms. The Morgan fingerprint density at radius 3 is 2.68 bits per heavy atom. The molecule has 0 saturated carbocycles. The second kappa shape index (κ2) is 7.58. The lowest BCUT2D eigenvalue weighted by Crippen LogP contribution is -2.22. The maximum atomic E-state index is 11.7. The number of esters is 1. The van der Waals surface area contributed by atoms with E-state index in [4.69, 9.17) is 9.47 Å². The van der Waals surface area contributed by atoms with E-state index in [0.717, 1.165) is 22.2 Å². The average Bonchev–Trinajstić information content (AvgIpc) is 2.65. The zero-order valence-electron chi connectivity index (χ0n) is 14.2. The van der Waals surface area contributed by atoms with Gasteiger partial charge in [-0.15, -0.1) is 0 Å². The summed E-state index contributed by atoms with van der Waals surface area (Å²) in [5.74, 6) is 0.0742. The largest absolute Gasteiger partial charge is 0.493 e. The van der Waals surface area contributed by atoms with Crippen LogP contribution in [0.25, 0.3) is 0 Å². The minimum absolute atomic E-state index is 0.269. The van der Waals surface area contributed by atoms with Gasteiger partial charge in [-0.3, -0.25) is 4.79 Å². The Morgan fingerprint density at radius 2 is 2.00 bits per heavy atom. The van der Waals surface area contributed by atoms with Crippen molar-refractivity contribution >= 4 is 21.9 Å². The van der Waals surface area contributed by atoms with Crippen LogP contribution in [0.2, 0.25) is 0 Å². The summed E-state index contributed by atoms with van der Waals surface area (Å²) in [6, 6.07) is 13.9. The third-order valence-corrected chi connectivity index (χ3v) is 5.25. The standard InChI is InChI=1S/C20H21BrO4/c1-12(20(23)24-2)19(22)14-5-8-18-15(9-14)10-16(11-25-18)13-3-6-17(21)7-4-13/h3-9,12,16,19,22H,10-11H2,1-2H3/t12?,16?,19-/m1/s1. The van der Waals surface area contributed by atoms with Crippen molar-refractivity contribution in [2.75, 3.05) is 13.7 Å². The summed E-state index contributed by atoms with van der Waals surface area (Å²) < 4.78 is 11.7. The van der Waals surface area contributed by atoms with Gasteiger partial charge in [-0.2, -0.15) is 0 Å². The number of hydrogen-bond acceptors (Lipinski definition) is 4. The molecule has 0 bridgehead atoms. The van der Waals surface area contributed by atoms with Gasteiger partial charge in [0.25, 0.3) is 0 Å². The third-order valence-electron chi connectivity index (χ3n) is 4.72. The third kappa shape index (κ3) is 3.88. The summed E-state index contributed by atoms with van der Waals surface area (Å²) in [5.41, 5.74) is 2.98. The molecule has 132 valence electrons. The normalized spacial score (nSPS) is 18.6. The van der Waals surface area contributed by atoms with Crippen LogP contribution in [0, 0.1) is 5.92 Å². The molecule has 4 nitrogen and oxygen atoms in total. The van der Waals surface area contributed by atoms with Crippen molar-refractivity contribution < 1.29 is 19.4 Å². The molecule has 1 aliphatic heterocycles. The number of benzene rings is 2. The molecule has 0 spiro atoms. The molecule has 1 N–H and O–H groups in total. The number of fused-ring (bicyclic) bond motifs is 1. The number of methoxy groups -OCH3 is 1. The summed E-state index contributed by atoms with van der Waals surface area (Å²) in [5, 5.41) is 10.5. The van der Waals surface area contributed by atoms with Crippen LogP contribution in [0.1, 0.15) is 35.6 Å². The topological polar surface area (TPSA) is 55.8 Å². The molecule has 0 saturated heterocycles. The first-order valence-electron chi connectivity index (χ1n) is 8.26. The predicted octanol–water partition coefficient (Wildman–Crippen LogP) is 4.01. The van der Waals surface area contributed by atoms with Gasteiger partial charge >= 0.3 is 5.97 Å². The average molecular weight is 405 g/mol. The SMILES string of the molecule is COC(=O)C(C)[C@@H](O)c1ccc2c(c1)CC(c1ccc(Br)cc1)CO2. The maximum Gasteiger partial charge on any atom is 0.311 e. The van der Waals surface area contributed by atoms with Crippen molar-refractivity contribution in [3.05, 3.63) is 63.6 Å². The Kier molecular flexibility index (Phi) is 5.45. The lowest BCUT2D eigenvalue weighted by Gasteiger charge is -2.27. The van der Waals surface area contributed by atoms with Gasteiger partial charge in [0.2, 0.25) is 0 Å². The zero-order valence-corrected chi connectivity index (χ0v) is 15.8. The number of halogens is 1. The van der Waals surface area contributed by atoms with Crippen LogP contribution in [0.5, 0.6) is 5.75 Å². The predicted molar refractivity (Wildman–Crippen MR) is 98.7 cm³/mol. The first-order chi connectivity index (χ1) is 12.0. The van der Waals surface area contributed by atoms with Gasteiger partial charge in [0.05, 0.1) is 25.7 Å². The highest BCUT2D eigenvalue weighted by Gasteiger charge is 2.27. The molecule has 1 aliphatic rings. The minimum atomic E-state index is -0.897. The van der Waals surface area contributed by atoms with Gasteiger partial charge < -0.3 is 14.6 Å². The van der Waals surface area contributed by atoms with Crippen LogP contribution >= 0.6 is 15.9 Å². The first-order valence-corrected chi connectivity index (χ1v) is 9.06. The van der Waals surface area contributed by atoms with Crippen LogP contribution in [0.15, 0.2) is 46.9 Å². The molecule has 2 unspecified atom stereocenters. The molecule has 3 atom stereocenters. The van der Waals surface area contributed by atoms with Crippen molar-refractivity contribution in [1.29, 1.82) is 0 Å². The van der Waals surface area contributed by atoms with Gasteiger partial charge in [0.15, 0.2) is 0 Å². The summed E-state index contributed by atoms with van der Waals surface area (Å²) in [6.07, 6.45) is -0.0600. The van der Waals surface area contributed by atoms with Crippen LogP contribution < -0.4 is 4.74 Å². The molecule has 5 heteroatoms. The minimum Gasteiger partial charge on any atom is -0.493 e. The molecule has 0 aromatic heterocycles. The van der Waals surface area contributed by atoms with Crippen molar-refractivity contribution in [2.45, 2.75) is 25.4 Å². The quantitative estimate of drug-likeness (QED) is 0.782. The number of ether oxygens (including phenoxy) is 2. The zero-order chi connectivity index (χ0) is 18.0. The molecule has 3 rings (SSSR count). The number of aliphatic hydroxyl groups is 1. The van der Waals surface area contributed by atoms with E-state index in [1.54, 1.807) is 6.92 Å². The Hall–Kier alpha value is -1.85. The van der Waals surface area contributed by atoms with Crippen molar-refractivity contribution in [3.63, 3.8) is 0 Å². The fourth-order valence-corrected chi connectivity index (χ4v) is 3.42. The molecule has 1 heterocycles. The second-order valence-electron chi connectivity index (χ2n) is 6.39. The van der Waals surface area contributed by atoms with Gasteiger partial charge in [0.1, 0.15) is 5.75 Å². The summed E-state index contributed by atoms with van der Waals surface area (Å²) in [4.78, 5) is 11.7. The van der Waals surface area contributed by atoms with Gasteiger partial charge in [0, 0.05) is 10.4 Å². The van der Waals surface area contributed by atoms with E-state index in [-0.39, 0.29) is 5.92 Å². The summed E-state index contributed by atoms with van der Waals surface area (Å²) >= 11 is 3.45. The Labute approximate surface area is 155 Å². The van der Waals surface area contributed by atoms with E-state index in [1.807, 2.05) is 30.3 Å². The highest BCUT2D eigenvalue weighted by atomic mass is 79.9. The van der Waals surface area contributed by atoms with E-state index < -0.39 is 18.0 Å². The van der Waals surface area contributed by atoms with E-state index in [0.29, 0.717) is 12.2 Å². The number of carbonyl (C=O) groups is 1. The summed E-state index contributed by atoms with van der Waals surface area (Å²) in [7, 11) is 1.33. The first kappa shape index (κ1) is 18.0. The van der Waals surface area contributed by atoms with Gasteiger partial charge in [-0.1, -0.05) is 34.1 Å². The highest BCUT2D eigenvalue weighted by molar-refractivity contribution is 9.10. The Balaban J connectivity index is 1.81. The van der Waals surface area contributed by atoms with Gasteiger partial charge in [-0.05, 0) is 54.3 Å². The number of hydrogen-bond donors (Lipinski definition) is 1. The van der Waals surface area contributed by atoms with Crippen LogP contribution in [0.3, 0.4) is 0 Å². The molecule has 0 amide bonds. The molecular weight excluding hydrogens is 384 g/mol.